The summed E-state index contributed by atoms with van der Waals surface area (Å²) in [4.78, 5) is 39.5. The minimum absolute atomic E-state index is 0.0316. The Morgan fingerprint density at radius 3 is 2.55 bits per heavy atom. The third kappa shape index (κ3) is 4.87. The minimum atomic E-state index is -0.783. The summed E-state index contributed by atoms with van der Waals surface area (Å²) in [7, 11) is 0. The Morgan fingerprint density at radius 1 is 1.28 bits per heavy atom. The first-order valence-electron chi connectivity index (χ1n) is 10.2. The van der Waals surface area contributed by atoms with Crippen LogP contribution < -0.4 is 16.8 Å². The Morgan fingerprint density at radius 2 is 2.00 bits per heavy atom. The summed E-state index contributed by atoms with van der Waals surface area (Å²) in [6, 6.07) is -0.489. The van der Waals surface area contributed by atoms with Crippen LogP contribution in [0.3, 0.4) is 0 Å². The largest absolute Gasteiger partial charge is 0.395 e. The number of nitrogens with two attached hydrogens (primary N) is 2. The van der Waals surface area contributed by atoms with Crippen molar-refractivity contribution in [1.82, 2.24) is 14.6 Å². The molecule has 1 aliphatic heterocycles. The van der Waals surface area contributed by atoms with Gasteiger partial charge in [-0.1, -0.05) is 19.8 Å². The zero-order chi connectivity index (χ0) is 21.0. The third-order valence-electron chi connectivity index (χ3n) is 5.61. The molecule has 2 heterocycles. The molecule has 2 fully saturated rings. The van der Waals surface area contributed by atoms with Gasteiger partial charge in [-0.2, -0.15) is 4.37 Å². The van der Waals surface area contributed by atoms with Crippen molar-refractivity contribution in [2.75, 3.05) is 18.9 Å². The van der Waals surface area contributed by atoms with Crippen LogP contribution in [0.25, 0.3) is 0 Å². The van der Waals surface area contributed by atoms with Crippen LogP contribution in [-0.4, -0.2) is 58.3 Å². The van der Waals surface area contributed by atoms with E-state index in [-0.39, 0.29) is 34.3 Å². The van der Waals surface area contributed by atoms with E-state index in [2.05, 4.69) is 9.69 Å². The highest BCUT2D eigenvalue weighted by Gasteiger charge is 2.35. The number of ether oxygens (including phenoxy) is 1. The molecule has 1 saturated heterocycles. The summed E-state index contributed by atoms with van der Waals surface area (Å²) < 4.78 is 9.63. The smallest absolute Gasteiger partial charge is 0.270 e. The first kappa shape index (κ1) is 21.5. The van der Waals surface area contributed by atoms with Gasteiger partial charge in [-0.3, -0.25) is 14.4 Å². The van der Waals surface area contributed by atoms with Gasteiger partial charge in [0.15, 0.2) is 5.69 Å². The molecule has 2 unspecified atom stereocenters. The Balaban J connectivity index is 1.84. The first-order chi connectivity index (χ1) is 13.9. The molecule has 1 aliphatic carbocycles. The molecule has 0 bridgehead atoms. The second-order valence-electron chi connectivity index (χ2n) is 7.64. The van der Waals surface area contributed by atoms with E-state index < -0.39 is 17.9 Å². The van der Waals surface area contributed by atoms with Crippen molar-refractivity contribution in [2.45, 2.75) is 70.1 Å². The van der Waals surface area contributed by atoms with E-state index in [1.54, 1.807) is 0 Å². The van der Waals surface area contributed by atoms with Gasteiger partial charge < -0.3 is 26.4 Å². The molecule has 2 atom stereocenters. The molecule has 160 valence electrons. The maximum absolute atomic E-state index is 13.4. The number of amides is 3. The average molecular weight is 424 g/mol. The van der Waals surface area contributed by atoms with Crippen LogP contribution in [0, 0.1) is 0 Å². The summed E-state index contributed by atoms with van der Waals surface area (Å²) in [6.07, 6.45) is 6.22. The molecular formula is C19H29N5O4S. The fraction of sp³-hybridized carbons (Fsp3) is 0.684. The quantitative estimate of drug-likeness (QED) is 0.575. The van der Waals surface area contributed by atoms with E-state index in [1.165, 1.54) is 4.90 Å². The molecule has 1 aromatic rings. The number of aromatic nitrogens is 1. The second-order valence-corrected chi connectivity index (χ2v) is 8.42. The molecule has 10 heteroatoms. The number of primary amides is 1. The molecule has 9 nitrogen and oxygen atoms in total. The maximum Gasteiger partial charge on any atom is 0.270 e. The Labute approximate surface area is 174 Å². The van der Waals surface area contributed by atoms with Crippen LogP contribution in [0.15, 0.2) is 0 Å². The van der Waals surface area contributed by atoms with Gasteiger partial charge >= 0.3 is 0 Å². The molecule has 1 saturated carbocycles. The van der Waals surface area contributed by atoms with Crippen molar-refractivity contribution in [1.29, 1.82) is 0 Å². The van der Waals surface area contributed by atoms with Crippen LogP contribution in [-0.2, 0) is 9.53 Å². The molecule has 3 rings (SSSR count). The van der Waals surface area contributed by atoms with E-state index in [9.17, 15) is 14.4 Å². The molecule has 0 aromatic carbocycles. The van der Waals surface area contributed by atoms with Crippen LogP contribution in [0.4, 0.5) is 5.69 Å². The molecule has 5 N–H and O–H groups in total. The van der Waals surface area contributed by atoms with Crippen molar-refractivity contribution in [2.24, 2.45) is 5.73 Å². The number of nitrogens with zero attached hydrogens (tertiary/aromatic N) is 2. The summed E-state index contributed by atoms with van der Waals surface area (Å²) >= 11 is 0.832. The lowest BCUT2D eigenvalue weighted by Crippen LogP contribution is -2.53. The van der Waals surface area contributed by atoms with Crippen LogP contribution in [0.2, 0.25) is 0 Å². The van der Waals surface area contributed by atoms with E-state index >= 15 is 0 Å². The second kappa shape index (κ2) is 9.53. The van der Waals surface area contributed by atoms with Crippen LogP contribution in [0.5, 0.6) is 0 Å². The van der Waals surface area contributed by atoms with Crippen LogP contribution >= 0.6 is 11.5 Å². The highest BCUT2D eigenvalue weighted by molar-refractivity contribution is 7.09. The lowest BCUT2D eigenvalue weighted by Gasteiger charge is -2.32. The zero-order valence-corrected chi connectivity index (χ0v) is 17.5. The van der Waals surface area contributed by atoms with Crippen LogP contribution in [0.1, 0.15) is 72.0 Å². The van der Waals surface area contributed by atoms with E-state index in [4.69, 9.17) is 16.2 Å². The topological polar surface area (TPSA) is 141 Å². The number of rotatable bonds is 8. The first-order valence-corrected chi connectivity index (χ1v) is 11.0. The molecule has 1 aromatic heterocycles. The van der Waals surface area contributed by atoms with Gasteiger partial charge in [-0.25, -0.2) is 0 Å². The molecule has 2 aliphatic rings. The fourth-order valence-electron chi connectivity index (χ4n) is 4.03. The number of anilines is 1. The molecule has 29 heavy (non-hydrogen) atoms. The van der Waals surface area contributed by atoms with Gasteiger partial charge in [-0.15, -0.1) is 0 Å². The van der Waals surface area contributed by atoms with E-state index in [0.29, 0.717) is 19.6 Å². The fourth-order valence-corrected chi connectivity index (χ4v) is 4.80. The number of nitrogens with one attached hydrogen (secondary N) is 1. The van der Waals surface area contributed by atoms with E-state index in [1.807, 2.05) is 6.92 Å². The third-order valence-corrected chi connectivity index (χ3v) is 6.46. The highest BCUT2D eigenvalue weighted by atomic mass is 32.1. The van der Waals surface area contributed by atoms with Gasteiger partial charge in [0.25, 0.3) is 11.8 Å². The number of carbonyl (C=O) groups excluding carboxylic acids is 3. The van der Waals surface area contributed by atoms with Gasteiger partial charge in [0.1, 0.15) is 10.9 Å². The Hall–Kier alpha value is -2.20. The number of nitrogen functional groups attached to an aromatic ring is 1. The van der Waals surface area contributed by atoms with Crippen molar-refractivity contribution in [3.8, 4) is 0 Å². The molecular weight excluding hydrogens is 394 g/mol. The van der Waals surface area contributed by atoms with Gasteiger partial charge in [0, 0.05) is 19.2 Å². The molecule has 0 spiro atoms. The monoisotopic (exact) mass is 423 g/mol. The number of hydrogen-bond acceptors (Lipinski definition) is 7. The lowest BCUT2D eigenvalue weighted by molar-refractivity contribution is -0.126. The molecule has 3 amide bonds. The summed E-state index contributed by atoms with van der Waals surface area (Å²) in [6.45, 7) is 2.81. The normalized spacial score (nSPS) is 20.5. The van der Waals surface area contributed by atoms with Crippen molar-refractivity contribution >= 4 is 34.9 Å². The minimum Gasteiger partial charge on any atom is -0.395 e. The predicted octanol–water partition coefficient (Wildman–Crippen LogP) is 1.28. The van der Waals surface area contributed by atoms with Crippen molar-refractivity contribution in [3.63, 3.8) is 0 Å². The average Bonchev–Trinajstić information content (AvgIpc) is 3.43. The number of carbonyl (C=O) groups is 3. The maximum atomic E-state index is 13.4. The van der Waals surface area contributed by atoms with Gasteiger partial charge in [-0.05, 0) is 43.6 Å². The predicted molar refractivity (Wildman–Crippen MR) is 110 cm³/mol. The summed E-state index contributed by atoms with van der Waals surface area (Å²) in [5.41, 5.74) is 11.1. The van der Waals surface area contributed by atoms with E-state index in [0.717, 1.165) is 50.1 Å². The van der Waals surface area contributed by atoms with Crippen molar-refractivity contribution < 1.29 is 19.1 Å². The Bertz CT molecular complexity index is 756. The Kier molecular flexibility index (Phi) is 7.07. The summed E-state index contributed by atoms with van der Waals surface area (Å²) in [5.74, 6) is -1.37. The van der Waals surface area contributed by atoms with Gasteiger partial charge in [0.05, 0.1) is 11.8 Å². The lowest BCUT2D eigenvalue weighted by atomic mass is 10.1. The zero-order valence-electron chi connectivity index (χ0n) is 16.7. The highest BCUT2D eigenvalue weighted by Crippen LogP contribution is 2.26. The van der Waals surface area contributed by atoms with Crippen molar-refractivity contribution in [3.05, 3.63) is 10.6 Å². The number of hydrogen-bond donors (Lipinski definition) is 3. The molecule has 0 radical (unpaired) electrons. The SMILES string of the molecule is CCC(C(=O)NC1CCCC1)N(CC1CCCO1)C(=O)c1snc(C(N)=O)c1N. The summed E-state index contributed by atoms with van der Waals surface area (Å²) in [5, 5.41) is 3.09. The standard InChI is InChI=1S/C19H29N5O4S/c1-2-13(18(26)22-11-6-3-4-7-11)24(10-12-8-5-9-28-12)19(27)16-14(20)15(17(21)25)23-29-16/h11-13H,2-10,20H2,1H3,(H2,21,25)(H,22,26). The van der Waals surface area contributed by atoms with Gasteiger partial charge in [0.2, 0.25) is 5.91 Å².